The molecule has 0 aromatic heterocycles. The summed E-state index contributed by atoms with van der Waals surface area (Å²) >= 11 is 4.39. The molecule has 21 heavy (non-hydrogen) atoms. The summed E-state index contributed by atoms with van der Waals surface area (Å²) in [6, 6.07) is 7.50. The molecular weight excluding hydrogens is 396 g/mol. The van der Waals surface area contributed by atoms with Gasteiger partial charge >= 0.3 is 0 Å². The Labute approximate surface area is 148 Å². The number of hydrogen-bond donors (Lipinski definition) is 0. The van der Waals surface area contributed by atoms with Crippen molar-refractivity contribution in [2.45, 2.75) is 62.7 Å². The standard InChI is InChI=1S/C16H22FP.CH2Cl.Pd/c17-13-6-5-11-16(12-13)18(14-7-1-2-8-14)15-9-3-4-10-15;1-2;/h5-6,11-12,14-15H,1-4,7-10H2;1H2;/q;-1;. The van der Waals surface area contributed by atoms with E-state index in [4.69, 9.17) is 0 Å². The molecule has 1 aromatic carbocycles. The molecule has 4 heteroatoms. The molecule has 0 N–H and O–H groups in total. The fraction of sp³-hybridized carbons (Fsp3) is 0.588. The third-order valence-electron chi connectivity index (χ3n) is 4.54. The van der Waals surface area contributed by atoms with Crippen LogP contribution in [-0.2, 0) is 20.4 Å². The molecule has 0 amide bonds. The average molecular weight is 420 g/mol. The van der Waals surface area contributed by atoms with Gasteiger partial charge in [-0.3, -0.25) is 6.38 Å². The van der Waals surface area contributed by atoms with Gasteiger partial charge < -0.3 is 11.6 Å². The van der Waals surface area contributed by atoms with E-state index in [1.54, 1.807) is 6.07 Å². The van der Waals surface area contributed by atoms with Crippen LogP contribution in [0.5, 0.6) is 0 Å². The maximum Gasteiger partial charge on any atom is 0.123 e. The normalized spacial score (nSPS) is 19.2. The van der Waals surface area contributed by atoms with Crippen molar-refractivity contribution in [3.05, 3.63) is 36.5 Å². The molecule has 0 spiro atoms. The van der Waals surface area contributed by atoms with Gasteiger partial charge in [-0.15, -0.1) is 0 Å². The topological polar surface area (TPSA) is 0 Å². The van der Waals surface area contributed by atoms with E-state index in [1.807, 2.05) is 12.1 Å². The minimum absolute atomic E-state index is 0. The summed E-state index contributed by atoms with van der Waals surface area (Å²) in [6.45, 7) is 0. The number of hydrogen-bond acceptors (Lipinski definition) is 0. The third-order valence-corrected chi connectivity index (χ3v) is 8.02. The first-order valence-electron chi connectivity index (χ1n) is 7.65. The second-order valence-electron chi connectivity index (χ2n) is 5.76. The van der Waals surface area contributed by atoms with Gasteiger partial charge in [0.15, 0.2) is 0 Å². The average Bonchev–Trinajstić information content (AvgIpc) is 3.15. The second-order valence-corrected chi connectivity index (χ2v) is 8.56. The van der Waals surface area contributed by atoms with Gasteiger partial charge in [0, 0.05) is 20.4 Å². The number of benzene rings is 1. The van der Waals surface area contributed by atoms with Gasteiger partial charge in [0.1, 0.15) is 5.82 Å². The van der Waals surface area contributed by atoms with E-state index in [0.717, 1.165) is 11.3 Å². The molecule has 0 unspecified atom stereocenters. The maximum absolute atomic E-state index is 13.5. The van der Waals surface area contributed by atoms with Gasteiger partial charge in [-0.1, -0.05) is 45.7 Å². The van der Waals surface area contributed by atoms with Crippen LogP contribution >= 0.6 is 19.5 Å². The van der Waals surface area contributed by atoms with Crippen LogP contribution in [0.15, 0.2) is 24.3 Å². The first kappa shape index (κ1) is 19.6. The minimum Gasteiger partial charge on any atom is -0.352 e. The molecule has 2 fully saturated rings. The van der Waals surface area contributed by atoms with E-state index >= 15 is 0 Å². The first-order valence-corrected chi connectivity index (χ1v) is 9.67. The molecule has 1 aromatic rings. The molecule has 0 atom stereocenters. The first-order chi connectivity index (χ1) is 9.84. The van der Waals surface area contributed by atoms with Gasteiger partial charge in [0.2, 0.25) is 0 Å². The summed E-state index contributed by atoms with van der Waals surface area (Å²) in [5.41, 5.74) is 1.76. The van der Waals surface area contributed by atoms with Gasteiger partial charge in [0.25, 0.3) is 0 Å². The van der Waals surface area contributed by atoms with Crippen molar-refractivity contribution < 1.29 is 24.8 Å². The summed E-state index contributed by atoms with van der Waals surface area (Å²) in [5.74, 6) is -0.0454. The number of rotatable bonds is 3. The SMILES string of the molecule is Fc1cccc(P(C2CCCC2)C2CCCC2)c1.[CH2-]Cl.[Pd]. The van der Waals surface area contributed by atoms with Crippen molar-refractivity contribution >= 4 is 24.8 Å². The second kappa shape index (κ2) is 10.3. The Kier molecular flexibility index (Phi) is 9.63. The summed E-state index contributed by atoms with van der Waals surface area (Å²) in [5, 5.41) is 1.34. The summed E-state index contributed by atoms with van der Waals surface area (Å²) in [4.78, 5) is 0. The Hall–Kier alpha value is 0.532. The van der Waals surface area contributed by atoms with E-state index < -0.39 is 0 Å². The largest absolute Gasteiger partial charge is 0.352 e. The summed E-state index contributed by atoms with van der Waals surface area (Å²) in [6.07, 6.45) is 13.9. The van der Waals surface area contributed by atoms with E-state index in [-0.39, 0.29) is 34.2 Å². The van der Waals surface area contributed by atoms with Crippen LogP contribution in [0.2, 0.25) is 0 Å². The zero-order valence-electron chi connectivity index (χ0n) is 12.3. The smallest absolute Gasteiger partial charge is 0.123 e. The zero-order valence-corrected chi connectivity index (χ0v) is 15.6. The van der Waals surface area contributed by atoms with Crippen LogP contribution in [0.4, 0.5) is 4.39 Å². The van der Waals surface area contributed by atoms with Crippen molar-refractivity contribution in [3.8, 4) is 0 Å². The Morgan fingerprint density at radius 3 is 1.86 bits per heavy atom. The van der Waals surface area contributed by atoms with Crippen molar-refractivity contribution in [2.75, 3.05) is 0 Å². The van der Waals surface area contributed by atoms with Gasteiger partial charge in [0.05, 0.1) is 0 Å². The van der Waals surface area contributed by atoms with E-state index in [9.17, 15) is 4.39 Å². The molecule has 0 heterocycles. The van der Waals surface area contributed by atoms with Crippen molar-refractivity contribution in [1.82, 2.24) is 0 Å². The van der Waals surface area contributed by atoms with Crippen LogP contribution in [-0.4, -0.2) is 11.3 Å². The molecule has 2 aliphatic carbocycles. The van der Waals surface area contributed by atoms with Crippen LogP contribution in [0, 0.1) is 12.2 Å². The Balaban J connectivity index is 0.000000706. The van der Waals surface area contributed by atoms with E-state index in [1.165, 1.54) is 56.7 Å². The predicted octanol–water partition coefficient (Wildman–Crippen LogP) is 5.83. The van der Waals surface area contributed by atoms with Crippen molar-refractivity contribution in [1.29, 1.82) is 0 Å². The summed E-state index contributed by atoms with van der Waals surface area (Å²) < 4.78 is 13.5. The van der Waals surface area contributed by atoms with E-state index in [2.05, 4.69) is 24.1 Å². The molecule has 0 saturated heterocycles. The third kappa shape index (κ3) is 5.28. The minimum atomic E-state index is -0.114. The van der Waals surface area contributed by atoms with Crippen LogP contribution in [0.25, 0.3) is 0 Å². The predicted molar refractivity (Wildman–Crippen MR) is 88.7 cm³/mol. The molecular formula is C17H24ClFPPd-. The Morgan fingerprint density at radius 1 is 0.952 bits per heavy atom. The Morgan fingerprint density at radius 2 is 1.43 bits per heavy atom. The molecule has 0 aliphatic heterocycles. The summed E-state index contributed by atoms with van der Waals surface area (Å²) in [7, 11) is -0.114. The fourth-order valence-electron chi connectivity index (χ4n) is 3.72. The van der Waals surface area contributed by atoms with Crippen LogP contribution in [0.3, 0.4) is 0 Å². The monoisotopic (exact) mass is 419 g/mol. The Bertz CT molecular complexity index is 388. The van der Waals surface area contributed by atoms with Crippen LogP contribution < -0.4 is 5.30 Å². The number of halogens is 2. The molecule has 2 aliphatic rings. The van der Waals surface area contributed by atoms with Crippen molar-refractivity contribution in [2.24, 2.45) is 0 Å². The zero-order chi connectivity index (χ0) is 14.4. The van der Waals surface area contributed by atoms with Gasteiger partial charge in [-0.05, 0) is 54.4 Å². The molecule has 3 rings (SSSR count). The molecule has 0 radical (unpaired) electrons. The quantitative estimate of drug-likeness (QED) is 0.328. The van der Waals surface area contributed by atoms with E-state index in [0.29, 0.717) is 0 Å². The molecule has 0 nitrogen and oxygen atoms in total. The molecule has 2 saturated carbocycles. The molecule has 0 bridgehead atoms. The fourth-order valence-corrected chi connectivity index (χ4v) is 7.53. The van der Waals surface area contributed by atoms with Crippen LogP contribution in [0.1, 0.15) is 51.4 Å². The maximum atomic E-state index is 13.5. The van der Waals surface area contributed by atoms with Gasteiger partial charge in [-0.2, -0.15) is 0 Å². The molecule has 122 valence electrons. The van der Waals surface area contributed by atoms with Gasteiger partial charge in [-0.25, -0.2) is 4.39 Å². The van der Waals surface area contributed by atoms with Crippen molar-refractivity contribution in [3.63, 3.8) is 0 Å².